The van der Waals surface area contributed by atoms with Gasteiger partial charge in [0.05, 0.1) is 5.69 Å². The summed E-state index contributed by atoms with van der Waals surface area (Å²) in [6, 6.07) is 1.85. The molecular weight excluding hydrogens is 166 g/mol. The quantitative estimate of drug-likeness (QED) is 0.587. The van der Waals surface area contributed by atoms with E-state index in [-0.39, 0.29) is 5.91 Å². The number of hydrogen-bond donors (Lipinski definition) is 0. The number of aryl methyl sites for hydroxylation is 2. The van der Waals surface area contributed by atoms with E-state index in [0.717, 1.165) is 30.9 Å². The van der Waals surface area contributed by atoms with Crippen molar-refractivity contribution in [2.75, 3.05) is 13.6 Å². The van der Waals surface area contributed by atoms with E-state index in [1.165, 1.54) is 0 Å². The molecule has 0 aromatic carbocycles. The Balaban J connectivity index is 2.45. The third-order valence-corrected chi connectivity index (χ3v) is 2.33. The van der Waals surface area contributed by atoms with Gasteiger partial charge in [0.2, 0.25) is 0 Å². The van der Waals surface area contributed by atoms with Gasteiger partial charge in [0, 0.05) is 20.1 Å². The van der Waals surface area contributed by atoms with Crippen molar-refractivity contribution >= 4 is 5.91 Å². The van der Waals surface area contributed by atoms with E-state index in [9.17, 15) is 4.79 Å². The van der Waals surface area contributed by atoms with Gasteiger partial charge in [-0.05, 0) is 19.4 Å². The third kappa shape index (κ3) is 1.32. The first-order valence-corrected chi connectivity index (χ1v) is 4.48. The van der Waals surface area contributed by atoms with E-state index in [1.807, 2.05) is 20.0 Å². The molecule has 0 saturated heterocycles. The standard InChI is InChI=1S/C9H13N3O/c1-7-6-8-9(13)11(2)4-3-5-12(8)10-7/h6H,3-5H2,1-2H3. The van der Waals surface area contributed by atoms with E-state index < -0.39 is 0 Å². The second kappa shape index (κ2) is 2.87. The maximum absolute atomic E-state index is 11.7. The zero-order valence-electron chi connectivity index (χ0n) is 7.95. The lowest BCUT2D eigenvalue weighted by atomic mass is 10.3. The van der Waals surface area contributed by atoms with Crippen LogP contribution in [0.15, 0.2) is 6.07 Å². The first kappa shape index (κ1) is 8.29. The lowest BCUT2D eigenvalue weighted by molar-refractivity contribution is 0.0796. The summed E-state index contributed by atoms with van der Waals surface area (Å²) in [4.78, 5) is 13.5. The van der Waals surface area contributed by atoms with Crippen LogP contribution in [0.25, 0.3) is 0 Å². The SMILES string of the molecule is Cc1cc2n(n1)CCCN(C)C2=O. The zero-order valence-corrected chi connectivity index (χ0v) is 7.95. The molecular formula is C9H13N3O. The van der Waals surface area contributed by atoms with Gasteiger partial charge in [-0.3, -0.25) is 9.48 Å². The Morgan fingerprint density at radius 3 is 3.00 bits per heavy atom. The van der Waals surface area contributed by atoms with Gasteiger partial charge in [-0.15, -0.1) is 0 Å². The minimum absolute atomic E-state index is 0.0816. The Morgan fingerprint density at radius 1 is 1.46 bits per heavy atom. The number of amides is 1. The fraction of sp³-hybridized carbons (Fsp3) is 0.556. The Labute approximate surface area is 77.1 Å². The highest BCUT2D eigenvalue weighted by Gasteiger charge is 2.20. The highest BCUT2D eigenvalue weighted by atomic mass is 16.2. The normalized spacial score (nSPS) is 17.1. The van der Waals surface area contributed by atoms with Crippen molar-refractivity contribution in [2.45, 2.75) is 19.9 Å². The predicted molar refractivity (Wildman–Crippen MR) is 48.5 cm³/mol. The molecule has 0 atom stereocenters. The Bertz CT molecular complexity index is 343. The molecule has 0 aliphatic carbocycles. The average Bonchev–Trinajstić information content (AvgIpc) is 2.40. The minimum atomic E-state index is 0.0816. The van der Waals surface area contributed by atoms with Crippen LogP contribution in [0.3, 0.4) is 0 Å². The van der Waals surface area contributed by atoms with Gasteiger partial charge in [0.15, 0.2) is 0 Å². The van der Waals surface area contributed by atoms with Gasteiger partial charge in [-0.2, -0.15) is 5.10 Å². The molecule has 4 heteroatoms. The van der Waals surface area contributed by atoms with Gasteiger partial charge >= 0.3 is 0 Å². The maximum Gasteiger partial charge on any atom is 0.271 e. The monoisotopic (exact) mass is 179 g/mol. The van der Waals surface area contributed by atoms with Crippen molar-refractivity contribution in [2.24, 2.45) is 0 Å². The van der Waals surface area contributed by atoms with Gasteiger partial charge in [-0.1, -0.05) is 0 Å². The highest BCUT2D eigenvalue weighted by Crippen LogP contribution is 2.11. The van der Waals surface area contributed by atoms with Crippen LogP contribution >= 0.6 is 0 Å². The second-order valence-corrected chi connectivity index (χ2v) is 3.47. The number of aromatic nitrogens is 2. The zero-order chi connectivity index (χ0) is 9.42. The molecule has 2 heterocycles. The van der Waals surface area contributed by atoms with Gasteiger partial charge in [0.1, 0.15) is 5.69 Å². The Kier molecular flexibility index (Phi) is 1.83. The number of carbonyl (C=O) groups is 1. The lowest BCUT2D eigenvalue weighted by Crippen LogP contribution is -2.26. The molecule has 1 aliphatic heterocycles. The topological polar surface area (TPSA) is 38.1 Å². The molecule has 1 aliphatic rings. The van der Waals surface area contributed by atoms with Crippen LogP contribution in [-0.2, 0) is 6.54 Å². The fourth-order valence-electron chi connectivity index (χ4n) is 1.64. The largest absolute Gasteiger partial charge is 0.340 e. The number of rotatable bonds is 0. The lowest BCUT2D eigenvalue weighted by Gasteiger charge is -2.11. The van der Waals surface area contributed by atoms with Crippen LogP contribution in [0.1, 0.15) is 22.6 Å². The molecule has 0 fully saturated rings. The molecule has 0 radical (unpaired) electrons. The molecule has 0 bridgehead atoms. The van der Waals surface area contributed by atoms with E-state index in [2.05, 4.69) is 5.10 Å². The highest BCUT2D eigenvalue weighted by molar-refractivity contribution is 5.92. The smallest absolute Gasteiger partial charge is 0.271 e. The molecule has 1 aromatic rings. The first-order valence-electron chi connectivity index (χ1n) is 4.48. The summed E-state index contributed by atoms with van der Waals surface area (Å²) in [5.74, 6) is 0.0816. The molecule has 0 N–H and O–H groups in total. The summed E-state index contributed by atoms with van der Waals surface area (Å²) in [5, 5.41) is 4.27. The summed E-state index contributed by atoms with van der Waals surface area (Å²) in [5.41, 5.74) is 1.64. The van der Waals surface area contributed by atoms with E-state index in [0.29, 0.717) is 0 Å². The Hall–Kier alpha value is -1.32. The molecule has 13 heavy (non-hydrogen) atoms. The number of nitrogens with zero attached hydrogens (tertiary/aromatic N) is 3. The van der Waals surface area contributed by atoms with Crippen LogP contribution in [0.2, 0.25) is 0 Å². The van der Waals surface area contributed by atoms with E-state index in [1.54, 1.807) is 9.58 Å². The number of carbonyl (C=O) groups excluding carboxylic acids is 1. The fourth-order valence-corrected chi connectivity index (χ4v) is 1.64. The molecule has 4 nitrogen and oxygen atoms in total. The van der Waals surface area contributed by atoms with Crippen LogP contribution in [-0.4, -0.2) is 34.2 Å². The van der Waals surface area contributed by atoms with Crippen molar-refractivity contribution in [1.29, 1.82) is 0 Å². The van der Waals surface area contributed by atoms with Crippen molar-refractivity contribution in [3.63, 3.8) is 0 Å². The van der Waals surface area contributed by atoms with Crippen molar-refractivity contribution in [1.82, 2.24) is 14.7 Å². The van der Waals surface area contributed by atoms with Gasteiger partial charge < -0.3 is 4.90 Å². The van der Waals surface area contributed by atoms with Crippen molar-refractivity contribution in [3.05, 3.63) is 17.5 Å². The van der Waals surface area contributed by atoms with Crippen molar-refractivity contribution in [3.8, 4) is 0 Å². The van der Waals surface area contributed by atoms with Crippen molar-refractivity contribution < 1.29 is 4.79 Å². The van der Waals surface area contributed by atoms with Gasteiger partial charge in [-0.25, -0.2) is 0 Å². The number of hydrogen-bond acceptors (Lipinski definition) is 2. The third-order valence-electron chi connectivity index (χ3n) is 2.33. The van der Waals surface area contributed by atoms with Crippen LogP contribution in [0.4, 0.5) is 0 Å². The summed E-state index contributed by atoms with van der Waals surface area (Å²) < 4.78 is 1.81. The molecule has 1 amide bonds. The van der Waals surface area contributed by atoms with Crippen LogP contribution in [0, 0.1) is 6.92 Å². The van der Waals surface area contributed by atoms with E-state index in [4.69, 9.17) is 0 Å². The Morgan fingerprint density at radius 2 is 2.23 bits per heavy atom. The minimum Gasteiger partial charge on any atom is -0.340 e. The maximum atomic E-state index is 11.7. The second-order valence-electron chi connectivity index (χ2n) is 3.47. The summed E-state index contributed by atoms with van der Waals surface area (Å²) in [6.07, 6.45) is 0.982. The first-order chi connectivity index (χ1) is 6.18. The number of fused-ring (bicyclic) bond motifs is 1. The molecule has 70 valence electrons. The van der Waals surface area contributed by atoms with E-state index >= 15 is 0 Å². The summed E-state index contributed by atoms with van der Waals surface area (Å²) in [7, 11) is 1.83. The molecule has 0 spiro atoms. The summed E-state index contributed by atoms with van der Waals surface area (Å²) >= 11 is 0. The van der Waals surface area contributed by atoms with Gasteiger partial charge in [0.25, 0.3) is 5.91 Å². The van der Waals surface area contributed by atoms with Crippen LogP contribution in [0.5, 0.6) is 0 Å². The molecule has 0 unspecified atom stereocenters. The average molecular weight is 179 g/mol. The van der Waals surface area contributed by atoms with Crippen LogP contribution < -0.4 is 0 Å². The summed E-state index contributed by atoms with van der Waals surface area (Å²) in [6.45, 7) is 3.58. The molecule has 0 saturated carbocycles. The molecule has 1 aromatic heterocycles. The predicted octanol–water partition coefficient (Wildman–Crippen LogP) is 0.667. The molecule has 2 rings (SSSR count).